The van der Waals surface area contributed by atoms with Gasteiger partial charge in [0.1, 0.15) is 0 Å². The van der Waals surface area contributed by atoms with Gasteiger partial charge in [0.2, 0.25) is 0 Å². The van der Waals surface area contributed by atoms with Crippen molar-refractivity contribution in [1.82, 2.24) is 0 Å². The van der Waals surface area contributed by atoms with Crippen LogP contribution in [0.15, 0.2) is 72.8 Å². The van der Waals surface area contributed by atoms with E-state index in [1.807, 2.05) is 6.07 Å². The first kappa shape index (κ1) is 18.0. The molecule has 3 aromatic carbocycles. The molecule has 130 valence electrons. The third kappa shape index (κ3) is 4.42. The van der Waals surface area contributed by atoms with Crippen molar-refractivity contribution in [3.05, 3.63) is 94.0 Å². The van der Waals surface area contributed by atoms with Crippen molar-refractivity contribution < 1.29 is 9.59 Å². The van der Waals surface area contributed by atoms with Crippen molar-refractivity contribution in [2.45, 2.75) is 0 Å². The van der Waals surface area contributed by atoms with Crippen LogP contribution < -0.4 is 10.6 Å². The van der Waals surface area contributed by atoms with Crippen molar-refractivity contribution in [3.63, 3.8) is 0 Å². The van der Waals surface area contributed by atoms with Crippen molar-refractivity contribution in [1.29, 1.82) is 0 Å². The lowest BCUT2D eigenvalue weighted by Gasteiger charge is -2.10. The van der Waals surface area contributed by atoms with Crippen LogP contribution in [-0.2, 0) is 0 Å². The van der Waals surface area contributed by atoms with Gasteiger partial charge in [-0.25, -0.2) is 0 Å². The SMILES string of the molecule is O=C(Nc1cccc(C(=O)Nc2cc(Cl)ccc2Cl)c1)c1ccccc1. The quantitative estimate of drug-likeness (QED) is 0.623. The minimum atomic E-state index is -0.357. The molecule has 0 aliphatic heterocycles. The van der Waals surface area contributed by atoms with E-state index in [9.17, 15) is 9.59 Å². The van der Waals surface area contributed by atoms with E-state index in [-0.39, 0.29) is 11.8 Å². The molecule has 0 unspecified atom stereocenters. The van der Waals surface area contributed by atoms with Gasteiger partial charge in [-0.05, 0) is 48.5 Å². The van der Waals surface area contributed by atoms with Crippen LogP contribution in [0.1, 0.15) is 20.7 Å². The van der Waals surface area contributed by atoms with E-state index in [2.05, 4.69) is 10.6 Å². The molecule has 0 aliphatic carbocycles. The zero-order chi connectivity index (χ0) is 18.5. The predicted octanol–water partition coefficient (Wildman–Crippen LogP) is 5.50. The molecule has 0 heterocycles. The summed E-state index contributed by atoms with van der Waals surface area (Å²) in [5.74, 6) is -0.606. The molecule has 0 radical (unpaired) electrons. The van der Waals surface area contributed by atoms with Gasteiger partial charge in [0.05, 0.1) is 10.7 Å². The zero-order valence-electron chi connectivity index (χ0n) is 13.5. The smallest absolute Gasteiger partial charge is 0.255 e. The van der Waals surface area contributed by atoms with Crippen LogP contribution >= 0.6 is 23.2 Å². The number of hydrogen-bond donors (Lipinski definition) is 2. The summed E-state index contributed by atoms with van der Waals surface area (Å²) in [6.07, 6.45) is 0. The van der Waals surface area contributed by atoms with E-state index < -0.39 is 0 Å². The van der Waals surface area contributed by atoms with E-state index >= 15 is 0 Å². The Morgan fingerprint density at radius 2 is 1.38 bits per heavy atom. The van der Waals surface area contributed by atoms with Crippen LogP contribution in [0.5, 0.6) is 0 Å². The maximum Gasteiger partial charge on any atom is 0.255 e. The second kappa shape index (κ2) is 8.04. The normalized spacial score (nSPS) is 10.2. The van der Waals surface area contributed by atoms with Gasteiger partial charge in [-0.2, -0.15) is 0 Å². The number of nitrogens with one attached hydrogen (secondary N) is 2. The molecule has 0 aromatic heterocycles. The molecular formula is C20H14Cl2N2O2. The van der Waals surface area contributed by atoms with Crippen molar-refractivity contribution in [3.8, 4) is 0 Å². The van der Waals surface area contributed by atoms with Crippen LogP contribution in [0.2, 0.25) is 10.0 Å². The summed E-state index contributed by atoms with van der Waals surface area (Å²) < 4.78 is 0. The zero-order valence-corrected chi connectivity index (χ0v) is 15.0. The van der Waals surface area contributed by atoms with Crippen LogP contribution in [-0.4, -0.2) is 11.8 Å². The Bertz CT molecular complexity index is 959. The average molecular weight is 385 g/mol. The standard InChI is InChI=1S/C20H14Cl2N2O2/c21-15-9-10-17(22)18(12-15)24-20(26)14-7-4-8-16(11-14)23-19(25)13-5-2-1-3-6-13/h1-12H,(H,23,25)(H,24,26). The Balaban J connectivity index is 1.75. The highest BCUT2D eigenvalue weighted by Gasteiger charge is 2.11. The second-order valence-corrected chi connectivity index (χ2v) is 6.32. The van der Waals surface area contributed by atoms with Crippen LogP contribution in [0.4, 0.5) is 11.4 Å². The number of hydrogen-bond acceptors (Lipinski definition) is 2. The maximum atomic E-state index is 12.5. The Kier molecular flexibility index (Phi) is 5.56. The fraction of sp³-hybridized carbons (Fsp3) is 0. The third-order valence-corrected chi connectivity index (χ3v) is 4.16. The number of rotatable bonds is 4. The molecule has 3 aromatic rings. The lowest BCUT2D eigenvalue weighted by atomic mass is 10.1. The number of carbonyl (C=O) groups excluding carboxylic acids is 2. The fourth-order valence-corrected chi connectivity index (χ4v) is 2.66. The fourth-order valence-electron chi connectivity index (χ4n) is 2.32. The third-order valence-electron chi connectivity index (χ3n) is 3.60. The molecule has 0 saturated heterocycles. The minimum absolute atomic E-state index is 0.249. The van der Waals surface area contributed by atoms with E-state index in [4.69, 9.17) is 23.2 Å². The van der Waals surface area contributed by atoms with Crippen molar-refractivity contribution >= 4 is 46.4 Å². The molecule has 6 heteroatoms. The maximum absolute atomic E-state index is 12.5. The number of anilines is 2. The van der Waals surface area contributed by atoms with Gasteiger partial charge in [0.15, 0.2) is 0 Å². The van der Waals surface area contributed by atoms with Crippen LogP contribution in [0.3, 0.4) is 0 Å². The summed E-state index contributed by atoms with van der Waals surface area (Å²) in [5.41, 5.74) is 1.85. The highest BCUT2D eigenvalue weighted by atomic mass is 35.5. The van der Waals surface area contributed by atoms with E-state index in [0.29, 0.717) is 32.5 Å². The number of benzene rings is 3. The van der Waals surface area contributed by atoms with Gasteiger partial charge in [0, 0.05) is 21.8 Å². The van der Waals surface area contributed by atoms with Crippen LogP contribution in [0.25, 0.3) is 0 Å². The average Bonchev–Trinajstić information content (AvgIpc) is 2.65. The minimum Gasteiger partial charge on any atom is -0.322 e. The number of amides is 2. The molecule has 2 N–H and O–H groups in total. The Morgan fingerprint density at radius 3 is 2.15 bits per heavy atom. The molecule has 0 bridgehead atoms. The van der Waals surface area contributed by atoms with Crippen LogP contribution in [0, 0.1) is 0 Å². The largest absolute Gasteiger partial charge is 0.322 e. The molecule has 0 spiro atoms. The Hall–Kier alpha value is -2.82. The second-order valence-electron chi connectivity index (χ2n) is 5.48. The van der Waals surface area contributed by atoms with Crippen molar-refractivity contribution in [2.75, 3.05) is 10.6 Å². The summed E-state index contributed by atoms with van der Waals surface area (Å²) in [6.45, 7) is 0. The highest BCUT2D eigenvalue weighted by molar-refractivity contribution is 6.35. The highest BCUT2D eigenvalue weighted by Crippen LogP contribution is 2.26. The Morgan fingerprint density at radius 1 is 0.692 bits per heavy atom. The van der Waals surface area contributed by atoms with Gasteiger partial charge in [-0.1, -0.05) is 47.5 Å². The lowest BCUT2D eigenvalue weighted by molar-refractivity contribution is 0.101. The van der Waals surface area contributed by atoms with E-state index in [1.165, 1.54) is 0 Å². The first-order valence-corrected chi connectivity index (χ1v) is 8.51. The predicted molar refractivity (Wildman–Crippen MR) is 105 cm³/mol. The summed E-state index contributed by atoms with van der Waals surface area (Å²) in [4.78, 5) is 24.7. The number of carbonyl (C=O) groups is 2. The topological polar surface area (TPSA) is 58.2 Å². The summed E-state index contributed by atoms with van der Waals surface area (Å²) >= 11 is 12.0. The summed E-state index contributed by atoms with van der Waals surface area (Å²) in [6, 6.07) is 20.3. The first-order valence-electron chi connectivity index (χ1n) is 7.76. The van der Waals surface area contributed by atoms with Gasteiger partial charge < -0.3 is 10.6 Å². The van der Waals surface area contributed by atoms with Gasteiger partial charge >= 0.3 is 0 Å². The Labute approximate surface area is 160 Å². The lowest BCUT2D eigenvalue weighted by Crippen LogP contribution is -2.14. The molecule has 0 aliphatic rings. The molecule has 0 saturated carbocycles. The molecule has 0 fully saturated rings. The number of halogens is 2. The molecule has 26 heavy (non-hydrogen) atoms. The van der Waals surface area contributed by atoms with Crippen molar-refractivity contribution in [2.24, 2.45) is 0 Å². The summed E-state index contributed by atoms with van der Waals surface area (Å²) in [7, 11) is 0. The van der Waals surface area contributed by atoms with E-state index in [0.717, 1.165) is 0 Å². The molecule has 2 amide bonds. The molecular weight excluding hydrogens is 371 g/mol. The summed E-state index contributed by atoms with van der Waals surface area (Å²) in [5, 5.41) is 6.33. The van der Waals surface area contributed by atoms with Gasteiger partial charge in [-0.15, -0.1) is 0 Å². The molecule has 4 nitrogen and oxygen atoms in total. The molecule has 3 rings (SSSR count). The van der Waals surface area contributed by atoms with Gasteiger partial charge in [-0.3, -0.25) is 9.59 Å². The molecule has 0 atom stereocenters. The first-order chi connectivity index (χ1) is 12.5. The van der Waals surface area contributed by atoms with E-state index in [1.54, 1.807) is 66.7 Å². The monoisotopic (exact) mass is 384 g/mol. The van der Waals surface area contributed by atoms with Gasteiger partial charge in [0.25, 0.3) is 11.8 Å².